The first-order chi connectivity index (χ1) is 16.4. The number of likely N-dealkylation sites (tertiary alicyclic amines) is 1. The third kappa shape index (κ3) is 5.42. The molecule has 0 bridgehead atoms. The van der Waals surface area contributed by atoms with Crippen molar-refractivity contribution in [3.8, 4) is 11.5 Å². The van der Waals surface area contributed by atoms with Gasteiger partial charge >= 0.3 is 0 Å². The Morgan fingerprint density at radius 2 is 1.74 bits per heavy atom. The number of nitrogens with zero attached hydrogens (tertiary/aromatic N) is 2. The number of amides is 1. The highest BCUT2D eigenvalue weighted by atomic mass is 16.5. The first-order valence-corrected chi connectivity index (χ1v) is 11.8. The highest BCUT2D eigenvalue weighted by Crippen LogP contribution is 2.40. The van der Waals surface area contributed by atoms with Crippen LogP contribution in [-0.4, -0.2) is 66.5 Å². The van der Waals surface area contributed by atoms with E-state index >= 15 is 0 Å². The second-order valence-corrected chi connectivity index (χ2v) is 8.11. The smallest absolute Gasteiger partial charge is 0.295 e. The molecule has 182 valence electrons. The summed E-state index contributed by atoms with van der Waals surface area (Å²) < 4.78 is 10.8. The minimum atomic E-state index is -0.682. The molecule has 3 rings (SSSR count). The van der Waals surface area contributed by atoms with Crippen molar-refractivity contribution in [1.82, 2.24) is 9.80 Å². The molecular weight excluding hydrogens is 432 g/mol. The number of hydrogen-bond acceptors (Lipinski definition) is 6. The Kier molecular flexibility index (Phi) is 8.71. The van der Waals surface area contributed by atoms with Gasteiger partial charge in [-0.1, -0.05) is 38.1 Å². The second kappa shape index (κ2) is 11.7. The average molecular weight is 467 g/mol. The molecule has 2 aromatic carbocycles. The summed E-state index contributed by atoms with van der Waals surface area (Å²) in [6.07, 6.45) is 0.723. The van der Waals surface area contributed by atoms with Gasteiger partial charge in [0.25, 0.3) is 11.7 Å². The molecule has 1 aliphatic rings. The van der Waals surface area contributed by atoms with E-state index in [0.717, 1.165) is 31.6 Å². The molecule has 0 aromatic heterocycles. The standard InChI is InChI=1S/C27H34N2O5/c1-5-28(6-2)16-9-17-29-24(19-12-14-21(33-4)15-13-19)23(26(31)27(29)32)25(30)20-10-8-11-22(18-20)34-7-3/h8,10-15,18,24,30H,5-7,9,16-17H2,1-4H3/b25-23+. The molecule has 1 heterocycles. The number of carbonyl (C=O) groups excluding carboxylic acids is 2. The van der Waals surface area contributed by atoms with E-state index in [9.17, 15) is 14.7 Å². The number of carbonyl (C=O) groups is 2. The van der Waals surface area contributed by atoms with Crippen molar-refractivity contribution in [1.29, 1.82) is 0 Å². The number of hydrogen-bond donors (Lipinski definition) is 1. The van der Waals surface area contributed by atoms with Crippen molar-refractivity contribution in [2.75, 3.05) is 39.9 Å². The maximum Gasteiger partial charge on any atom is 0.295 e. The van der Waals surface area contributed by atoms with E-state index < -0.39 is 17.7 Å². The van der Waals surface area contributed by atoms with Crippen LogP contribution in [0.25, 0.3) is 5.76 Å². The molecule has 2 aromatic rings. The zero-order valence-electron chi connectivity index (χ0n) is 20.4. The van der Waals surface area contributed by atoms with Gasteiger partial charge in [0, 0.05) is 12.1 Å². The molecule has 1 N–H and O–H groups in total. The van der Waals surface area contributed by atoms with Gasteiger partial charge in [-0.2, -0.15) is 0 Å². The fourth-order valence-electron chi connectivity index (χ4n) is 4.30. The number of aliphatic hydroxyl groups is 1. The van der Waals surface area contributed by atoms with Gasteiger partial charge in [-0.3, -0.25) is 9.59 Å². The maximum atomic E-state index is 13.2. The van der Waals surface area contributed by atoms with Crippen molar-refractivity contribution in [2.45, 2.75) is 33.2 Å². The zero-order valence-corrected chi connectivity index (χ0v) is 20.4. The van der Waals surface area contributed by atoms with Crippen LogP contribution in [-0.2, 0) is 9.59 Å². The van der Waals surface area contributed by atoms with E-state index in [2.05, 4.69) is 18.7 Å². The molecule has 0 spiro atoms. The summed E-state index contributed by atoms with van der Waals surface area (Å²) in [4.78, 5) is 30.1. The molecule has 1 aliphatic heterocycles. The molecule has 1 atom stereocenters. The minimum absolute atomic E-state index is 0.0895. The van der Waals surface area contributed by atoms with Crippen LogP contribution < -0.4 is 9.47 Å². The van der Waals surface area contributed by atoms with Gasteiger partial charge in [0.05, 0.1) is 25.3 Å². The van der Waals surface area contributed by atoms with E-state index in [4.69, 9.17) is 9.47 Å². The molecule has 1 saturated heterocycles. The van der Waals surface area contributed by atoms with Crippen LogP contribution in [0.2, 0.25) is 0 Å². The van der Waals surface area contributed by atoms with E-state index in [1.807, 2.05) is 19.1 Å². The van der Waals surface area contributed by atoms with Crippen LogP contribution in [0.4, 0.5) is 0 Å². The monoisotopic (exact) mass is 466 g/mol. The number of methoxy groups -OCH3 is 1. The van der Waals surface area contributed by atoms with E-state index in [0.29, 0.717) is 30.2 Å². The number of aliphatic hydroxyl groups excluding tert-OH is 1. The Labute approximate surface area is 201 Å². The van der Waals surface area contributed by atoms with Crippen molar-refractivity contribution in [3.63, 3.8) is 0 Å². The lowest BCUT2D eigenvalue weighted by molar-refractivity contribution is -0.140. The third-order valence-corrected chi connectivity index (χ3v) is 6.16. The van der Waals surface area contributed by atoms with Gasteiger partial charge in [-0.05, 0) is 62.8 Å². The molecule has 0 saturated carbocycles. The number of Topliss-reactive ketones (excluding diaryl/α,β-unsaturated/α-hetero) is 1. The highest BCUT2D eigenvalue weighted by molar-refractivity contribution is 6.46. The summed E-state index contributed by atoms with van der Waals surface area (Å²) in [6.45, 7) is 9.63. The predicted molar refractivity (Wildman–Crippen MR) is 132 cm³/mol. The van der Waals surface area contributed by atoms with Gasteiger partial charge < -0.3 is 24.4 Å². The Morgan fingerprint density at radius 3 is 2.35 bits per heavy atom. The van der Waals surface area contributed by atoms with E-state index in [-0.39, 0.29) is 11.3 Å². The fraction of sp³-hybridized carbons (Fsp3) is 0.407. The summed E-state index contributed by atoms with van der Waals surface area (Å²) >= 11 is 0. The first-order valence-electron chi connectivity index (χ1n) is 11.8. The second-order valence-electron chi connectivity index (χ2n) is 8.11. The first kappa shape index (κ1) is 25.3. The lowest BCUT2D eigenvalue weighted by atomic mass is 9.95. The molecule has 1 unspecified atom stereocenters. The molecular formula is C27H34N2O5. The number of ketones is 1. The van der Waals surface area contributed by atoms with Crippen LogP contribution in [0.5, 0.6) is 11.5 Å². The number of rotatable bonds is 11. The Hall–Kier alpha value is -3.32. The Balaban J connectivity index is 2.03. The van der Waals surface area contributed by atoms with Crippen LogP contribution in [0, 0.1) is 0 Å². The topological polar surface area (TPSA) is 79.3 Å². The third-order valence-electron chi connectivity index (χ3n) is 6.16. The molecule has 0 radical (unpaired) electrons. The molecule has 1 amide bonds. The van der Waals surface area contributed by atoms with Gasteiger partial charge in [0.2, 0.25) is 0 Å². The molecule has 0 aliphatic carbocycles. The molecule has 1 fully saturated rings. The maximum absolute atomic E-state index is 13.2. The quantitative estimate of drug-likeness (QED) is 0.303. The summed E-state index contributed by atoms with van der Waals surface area (Å²) in [5, 5.41) is 11.2. The van der Waals surface area contributed by atoms with Gasteiger partial charge in [0.15, 0.2) is 0 Å². The number of ether oxygens (including phenoxy) is 2. The Bertz CT molecular complexity index is 1030. The normalized spacial score (nSPS) is 17.4. The predicted octanol–water partition coefficient (Wildman–Crippen LogP) is 4.25. The van der Waals surface area contributed by atoms with E-state index in [1.165, 1.54) is 0 Å². The van der Waals surface area contributed by atoms with Crippen LogP contribution in [0.1, 0.15) is 44.4 Å². The summed E-state index contributed by atoms with van der Waals surface area (Å²) in [7, 11) is 1.58. The molecule has 7 heteroatoms. The highest BCUT2D eigenvalue weighted by Gasteiger charge is 2.45. The zero-order chi connectivity index (χ0) is 24.7. The Morgan fingerprint density at radius 1 is 1.03 bits per heavy atom. The van der Waals surface area contributed by atoms with Gasteiger partial charge in [0.1, 0.15) is 17.3 Å². The lowest BCUT2D eigenvalue weighted by Gasteiger charge is -2.27. The van der Waals surface area contributed by atoms with Crippen molar-refractivity contribution in [2.24, 2.45) is 0 Å². The van der Waals surface area contributed by atoms with Crippen molar-refractivity contribution >= 4 is 17.4 Å². The largest absolute Gasteiger partial charge is 0.507 e. The van der Waals surface area contributed by atoms with Crippen LogP contribution in [0.15, 0.2) is 54.1 Å². The van der Waals surface area contributed by atoms with Gasteiger partial charge in [-0.15, -0.1) is 0 Å². The van der Waals surface area contributed by atoms with Crippen molar-refractivity contribution in [3.05, 3.63) is 65.2 Å². The molecule has 7 nitrogen and oxygen atoms in total. The summed E-state index contributed by atoms with van der Waals surface area (Å²) in [6, 6.07) is 13.5. The van der Waals surface area contributed by atoms with Crippen LogP contribution in [0.3, 0.4) is 0 Å². The molecule has 34 heavy (non-hydrogen) atoms. The fourth-order valence-corrected chi connectivity index (χ4v) is 4.30. The van der Waals surface area contributed by atoms with Crippen LogP contribution >= 0.6 is 0 Å². The van der Waals surface area contributed by atoms with Crippen molar-refractivity contribution < 1.29 is 24.2 Å². The van der Waals surface area contributed by atoms with Gasteiger partial charge in [-0.25, -0.2) is 0 Å². The number of benzene rings is 2. The average Bonchev–Trinajstić information content (AvgIpc) is 3.11. The SMILES string of the molecule is CCOc1cccc(/C(O)=C2\C(=O)C(=O)N(CCCN(CC)CC)C2c2ccc(OC)cc2)c1. The minimum Gasteiger partial charge on any atom is -0.507 e. The van der Waals surface area contributed by atoms with E-state index in [1.54, 1.807) is 48.4 Å². The lowest BCUT2D eigenvalue weighted by Crippen LogP contribution is -2.33. The summed E-state index contributed by atoms with van der Waals surface area (Å²) in [5.74, 6) is -0.217. The summed E-state index contributed by atoms with van der Waals surface area (Å²) in [5.41, 5.74) is 1.27.